The average Bonchev–Trinajstić information content (AvgIpc) is 3.10. The van der Waals surface area contributed by atoms with Crippen LogP contribution < -0.4 is 5.73 Å². The summed E-state index contributed by atoms with van der Waals surface area (Å²) in [7, 11) is 0. The van der Waals surface area contributed by atoms with Gasteiger partial charge >= 0.3 is 0 Å². The standard InChI is InChI=1S/C14H22N2/c1-2-16(10-9-12-7-8-12)11-13-5-3-4-6-14(13)15/h3-6,12H,2,7-11,15H2,1H3. The highest BCUT2D eigenvalue weighted by Crippen LogP contribution is 2.32. The monoisotopic (exact) mass is 218 g/mol. The molecular formula is C14H22N2. The van der Waals surface area contributed by atoms with E-state index in [0.717, 1.165) is 24.7 Å². The van der Waals surface area contributed by atoms with E-state index in [-0.39, 0.29) is 0 Å². The summed E-state index contributed by atoms with van der Waals surface area (Å²) >= 11 is 0. The Morgan fingerprint density at radius 3 is 2.69 bits per heavy atom. The molecule has 1 fully saturated rings. The molecule has 1 aliphatic rings. The van der Waals surface area contributed by atoms with Crippen molar-refractivity contribution < 1.29 is 0 Å². The summed E-state index contributed by atoms with van der Waals surface area (Å²) in [5, 5.41) is 0. The summed E-state index contributed by atoms with van der Waals surface area (Å²) in [6, 6.07) is 8.19. The SMILES string of the molecule is CCN(CCC1CC1)Cc1ccccc1N. The van der Waals surface area contributed by atoms with Crippen molar-refractivity contribution in [3.05, 3.63) is 29.8 Å². The van der Waals surface area contributed by atoms with Crippen LogP contribution in [0.25, 0.3) is 0 Å². The van der Waals surface area contributed by atoms with E-state index in [2.05, 4.69) is 24.0 Å². The molecule has 0 aliphatic heterocycles. The molecule has 1 saturated carbocycles. The first kappa shape index (κ1) is 11.5. The third-order valence-electron chi connectivity index (χ3n) is 3.45. The molecule has 16 heavy (non-hydrogen) atoms. The van der Waals surface area contributed by atoms with Gasteiger partial charge in [-0.3, -0.25) is 4.90 Å². The van der Waals surface area contributed by atoms with Crippen molar-refractivity contribution in [2.45, 2.75) is 32.7 Å². The second kappa shape index (κ2) is 5.35. The van der Waals surface area contributed by atoms with E-state index in [1.165, 1.54) is 31.4 Å². The fourth-order valence-corrected chi connectivity index (χ4v) is 2.04. The molecule has 1 aliphatic carbocycles. The van der Waals surface area contributed by atoms with Crippen molar-refractivity contribution in [1.82, 2.24) is 4.90 Å². The summed E-state index contributed by atoms with van der Waals surface area (Å²) in [5.74, 6) is 1.02. The minimum absolute atomic E-state index is 0.923. The zero-order valence-corrected chi connectivity index (χ0v) is 10.2. The maximum atomic E-state index is 5.97. The lowest BCUT2D eigenvalue weighted by Gasteiger charge is -2.21. The Morgan fingerprint density at radius 1 is 1.31 bits per heavy atom. The molecule has 1 aromatic carbocycles. The van der Waals surface area contributed by atoms with Crippen LogP contribution in [-0.4, -0.2) is 18.0 Å². The largest absolute Gasteiger partial charge is 0.398 e. The lowest BCUT2D eigenvalue weighted by Crippen LogP contribution is -2.24. The van der Waals surface area contributed by atoms with Gasteiger partial charge < -0.3 is 5.73 Å². The van der Waals surface area contributed by atoms with Crippen LogP contribution in [-0.2, 0) is 6.54 Å². The van der Waals surface area contributed by atoms with Crippen LogP contribution in [0.2, 0.25) is 0 Å². The maximum absolute atomic E-state index is 5.97. The third kappa shape index (κ3) is 3.24. The van der Waals surface area contributed by atoms with E-state index in [0.29, 0.717) is 0 Å². The van der Waals surface area contributed by atoms with Gasteiger partial charge in [-0.1, -0.05) is 38.0 Å². The number of benzene rings is 1. The fraction of sp³-hybridized carbons (Fsp3) is 0.571. The number of nitrogens with two attached hydrogens (primary N) is 1. The Bertz CT molecular complexity index is 331. The van der Waals surface area contributed by atoms with Gasteiger partial charge in [-0.25, -0.2) is 0 Å². The summed E-state index contributed by atoms with van der Waals surface area (Å²) in [6.45, 7) is 5.55. The van der Waals surface area contributed by atoms with E-state index >= 15 is 0 Å². The molecule has 0 atom stereocenters. The lowest BCUT2D eigenvalue weighted by molar-refractivity contribution is 0.271. The molecule has 2 N–H and O–H groups in total. The van der Waals surface area contributed by atoms with Crippen LogP contribution in [0, 0.1) is 5.92 Å². The van der Waals surface area contributed by atoms with Crippen molar-refractivity contribution >= 4 is 5.69 Å². The Labute approximate surface area is 98.4 Å². The summed E-state index contributed by atoms with van der Waals surface area (Å²) in [5.41, 5.74) is 8.15. The number of hydrogen-bond acceptors (Lipinski definition) is 2. The molecule has 2 nitrogen and oxygen atoms in total. The van der Waals surface area contributed by atoms with Gasteiger partial charge in [0.25, 0.3) is 0 Å². The molecule has 1 aromatic rings. The van der Waals surface area contributed by atoms with E-state index in [1.807, 2.05) is 12.1 Å². The minimum atomic E-state index is 0.923. The summed E-state index contributed by atoms with van der Waals surface area (Å²) < 4.78 is 0. The highest BCUT2D eigenvalue weighted by Gasteiger charge is 2.21. The van der Waals surface area contributed by atoms with Gasteiger partial charge in [0.05, 0.1) is 0 Å². The number of para-hydroxylation sites is 1. The van der Waals surface area contributed by atoms with Crippen LogP contribution in [0.3, 0.4) is 0 Å². The van der Waals surface area contributed by atoms with E-state index in [1.54, 1.807) is 0 Å². The predicted octanol–water partition coefficient (Wildman–Crippen LogP) is 2.89. The first-order chi connectivity index (χ1) is 7.79. The maximum Gasteiger partial charge on any atom is 0.0359 e. The first-order valence-corrected chi connectivity index (χ1v) is 6.35. The van der Waals surface area contributed by atoms with Crippen molar-refractivity contribution in [2.24, 2.45) is 5.92 Å². The number of nitrogens with zero attached hydrogens (tertiary/aromatic N) is 1. The Balaban J connectivity index is 1.87. The topological polar surface area (TPSA) is 29.3 Å². The van der Waals surface area contributed by atoms with Gasteiger partial charge in [0.15, 0.2) is 0 Å². The summed E-state index contributed by atoms with van der Waals surface area (Å²) in [6.07, 6.45) is 4.26. The molecule has 0 heterocycles. The van der Waals surface area contributed by atoms with Crippen molar-refractivity contribution in [1.29, 1.82) is 0 Å². The lowest BCUT2D eigenvalue weighted by atomic mass is 10.1. The normalized spacial score (nSPS) is 15.6. The second-order valence-electron chi connectivity index (χ2n) is 4.80. The van der Waals surface area contributed by atoms with E-state index in [9.17, 15) is 0 Å². The average molecular weight is 218 g/mol. The first-order valence-electron chi connectivity index (χ1n) is 6.35. The van der Waals surface area contributed by atoms with Crippen molar-refractivity contribution in [3.8, 4) is 0 Å². The van der Waals surface area contributed by atoms with Crippen LogP contribution in [0.4, 0.5) is 5.69 Å². The zero-order chi connectivity index (χ0) is 11.4. The van der Waals surface area contributed by atoms with Gasteiger partial charge in [0.1, 0.15) is 0 Å². The van der Waals surface area contributed by atoms with Gasteiger partial charge in [-0.05, 0) is 37.1 Å². The molecule has 0 spiro atoms. The molecule has 0 aromatic heterocycles. The van der Waals surface area contributed by atoms with Gasteiger partial charge in [-0.2, -0.15) is 0 Å². The third-order valence-corrected chi connectivity index (χ3v) is 3.45. The number of nitrogen functional groups attached to an aromatic ring is 1. The van der Waals surface area contributed by atoms with E-state index in [4.69, 9.17) is 5.73 Å². The number of anilines is 1. The molecule has 88 valence electrons. The quantitative estimate of drug-likeness (QED) is 0.744. The smallest absolute Gasteiger partial charge is 0.0359 e. The van der Waals surface area contributed by atoms with Crippen LogP contribution in [0.1, 0.15) is 31.7 Å². The predicted molar refractivity (Wildman–Crippen MR) is 69.1 cm³/mol. The molecule has 0 saturated heterocycles. The minimum Gasteiger partial charge on any atom is -0.398 e. The molecule has 2 heteroatoms. The van der Waals surface area contributed by atoms with E-state index < -0.39 is 0 Å². The molecule has 0 radical (unpaired) electrons. The van der Waals surface area contributed by atoms with Gasteiger partial charge in [0.2, 0.25) is 0 Å². The van der Waals surface area contributed by atoms with Gasteiger partial charge in [-0.15, -0.1) is 0 Å². The number of rotatable bonds is 6. The van der Waals surface area contributed by atoms with Crippen LogP contribution >= 0.6 is 0 Å². The molecule has 0 amide bonds. The van der Waals surface area contributed by atoms with Gasteiger partial charge in [0, 0.05) is 12.2 Å². The highest BCUT2D eigenvalue weighted by atomic mass is 15.1. The molecular weight excluding hydrogens is 196 g/mol. The number of hydrogen-bond donors (Lipinski definition) is 1. The van der Waals surface area contributed by atoms with Crippen LogP contribution in [0.15, 0.2) is 24.3 Å². The van der Waals surface area contributed by atoms with Crippen LogP contribution in [0.5, 0.6) is 0 Å². The molecule has 2 rings (SSSR count). The van der Waals surface area contributed by atoms with Crippen molar-refractivity contribution in [3.63, 3.8) is 0 Å². The Morgan fingerprint density at radius 2 is 2.06 bits per heavy atom. The second-order valence-corrected chi connectivity index (χ2v) is 4.80. The Kier molecular flexibility index (Phi) is 3.83. The Hall–Kier alpha value is -1.02. The zero-order valence-electron chi connectivity index (χ0n) is 10.2. The molecule has 0 bridgehead atoms. The molecule has 0 unspecified atom stereocenters. The highest BCUT2D eigenvalue weighted by molar-refractivity contribution is 5.46. The summed E-state index contributed by atoms with van der Waals surface area (Å²) in [4.78, 5) is 2.49. The fourth-order valence-electron chi connectivity index (χ4n) is 2.04. The van der Waals surface area contributed by atoms with Crippen molar-refractivity contribution in [2.75, 3.05) is 18.8 Å².